The van der Waals surface area contributed by atoms with Crippen molar-refractivity contribution in [2.24, 2.45) is 0 Å². The lowest BCUT2D eigenvalue weighted by molar-refractivity contribution is 0.665. The first-order chi connectivity index (χ1) is 3.77. The molecule has 8 heavy (non-hydrogen) atoms. The molecule has 3 heteroatoms. The van der Waals surface area contributed by atoms with Crippen LogP contribution in [0.4, 0.5) is 0 Å². The van der Waals surface area contributed by atoms with Gasteiger partial charge < -0.3 is 2.84 Å². The van der Waals surface area contributed by atoms with Crippen molar-refractivity contribution in [2.75, 3.05) is 0 Å². The second-order valence-electron chi connectivity index (χ2n) is 2.06. The molecule has 0 aliphatic heterocycles. The van der Waals surface area contributed by atoms with Crippen LogP contribution < -0.4 is 0 Å². The van der Waals surface area contributed by atoms with E-state index in [2.05, 4.69) is 19.9 Å². The molecular weight excluding hydrogens is 130 g/mol. The zero-order valence-electron chi connectivity index (χ0n) is 5.90. The van der Waals surface area contributed by atoms with Crippen molar-refractivity contribution in [2.45, 2.75) is 19.1 Å². The van der Waals surface area contributed by atoms with Crippen LogP contribution in [0.3, 0.4) is 0 Å². The van der Waals surface area contributed by atoms with Crippen molar-refractivity contribution < 1.29 is 2.84 Å². The van der Waals surface area contributed by atoms with Gasteiger partial charge in [0.1, 0.15) is 0 Å². The fourth-order valence-corrected chi connectivity index (χ4v) is 2.10. The Bertz CT molecular complexity index is 76.5. The minimum Gasteiger partial charge on any atom is -0.644 e. The molecule has 0 aliphatic rings. The topological polar surface area (TPSA) is 9.23 Å². The van der Waals surface area contributed by atoms with E-state index in [0.29, 0.717) is 0 Å². The Kier molecular flexibility index (Phi) is 6.46. The minimum absolute atomic E-state index is 0.136. The van der Waals surface area contributed by atoms with Crippen LogP contribution >= 0.6 is 0 Å². The van der Waals surface area contributed by atoms with Crippen molar-refractivity contribution in [1.29, 1.82) is 0 Å². The molecule has 0 bridgehead atoms. The van der Waals surface area contributed by atoms with Gasteiger partial charge in [-0.2, -0.15) is 0 Å². The lowest BCUT2D eigenvalue weighted by Gasteiger charge is -1.89. The molecule has 0 aromatic heterocycles. The molecule has 1 nitrogen and oxygen atoms in total. The van der Waals surface area contributed by atoms with E-state index in [1.807, 2.05) is 0 Å². The van der Waals surface area contributed by atoms with Crippen molar-refractivity contribution in [3.63, 3.8) is 0 Å². The molecule has 0 heterocycles. The summed E-state index contributed by atoms with van der Waals surface area (Å²) < 4.78 is 5.13. The van der Waals surface area contributed by atoms with Gasteiger partial charge in [0.2, 0.25) is 0 Å². The van der Waals surface area contributed by atoms with Gasteiger partial charge in [-0.3, -0.25) is 0 Å². The summed E-state index contributed by atoms with van der Waals surface area (Å²) in [4.78, 5) is 0. The maximum absolute atomic E-state index is 5.13. The van der Waals surface area contributed by atoms with Gasteiger partial charge in [-0.1, -0.05) is 16.9 Å². The van der Waals surface area contributed by atoms with Crippen LogP contribution in [0.5, 0.6) is 0 Å². The Morgan fingerprint density at radius 2 is 2.38 bits per heavy atom. The highest BCUT2D eigenvalue weighted by Crippen LogP contribution is 1.91. The smallest absolute Gasteiger partial charge is 0.408 e. The third-order valence-corrected chi connectivity index (χ3v) is 3.03. The molecule has 0 rings (SSSR count). The van der Waals surface area contributed by atoms with Crippen LogP contribution in [0.25, 0.3) is 0 Å². The largest absolute Gasteiger partial charge is 0.644 e. The molecule has 0 unspecified atom stereocenters. The maximum atomic E-state index is 5.13. The van der Waals surface area contributed by atoms with Gasteiger partial charge >= 0.3 is 32.2 Å². The fraction of sp³-hybridized carbons (Fsp3) is 0.600. The van der Waals surface area contributed by atoms with E-state index >= 15 is 0 Å². The Hall–Kier alpha value is 0.765. The zero-order valence-corrected chi connectivity index (χ0v) is 9.31. The Morgan fingerprint density at radius 1 is 1.75 bits per heavy atom. The molecular formula is C5H12Al2O. The molecule has 0 fully saturated rings. The van der Waals surface area contributed by atoms with Crippen molar-refractivity contribution >= 4 is 32.2 Å². The quantitative estimate of drug-likeness (QED) is 0.312. The first-order valence-electron chi connectivity index (χ1n) is 2.89. The minimum atomic E-state index is -0.136. The maximum Gasteiger partial charge on any atom is 0.408 e. The van der Waals surface area contributed by atoms with Gasteiger partial charge in [0.05, 0.1) is 0 Å². The SMILES string of the molecule is CC(C)=C[CH2][AlH][O][AlH2]. The van der Waals surface area contributed by atoms with Gasteiger partial charge in [0, 0.05) is 0 Å². The van der Waals surface area contributed by atoms with Gasteiger partial charge in [-0.25, -0.2) is 0 Å². The molecule has 0 saturated heterocycles. The highest BCUT2D eigenvalue weighted by Gasteiger charge is 1.84. The lowest BCUT2D eigenvalue weighted by atomic mass is 10.3. The first-order valence-corrected chi connectivity index (χ1v) is 5.29. The van der Waals surface area contributed by atoms with E-state index in [9.17, 15) is 0 Å². The van der Waals surface area contributed by atoms with Crippen LogP contribution in [0.15, 0.2) is 11.6 Å². The van der Waals surface area contributed by atoms with Crippen LogP contribution in [0.1, 0.15) is 13.8 Å². The number of hydrogen-bond acceptors (Lipinski definition) is 1. The average Bonchev–Trinajstić information content (AvgIpc) is 1.66. The van der Waals surface area contributed by atoms with E-state index in [-0.39, 0.29) is 15.6 Å². The standard InChI is InChI=1S/C5H9.2Al.O.3H/c1-4-5(2)3;;;;;;/h4H,1H2,2-3H3;;;;;;. The van der Waals surface area contributed by atoms with Crippen LogP contribution in [-0.4, -0.2) is 32.2 Å². The van der Waals surface area contributed by atoms with Gasteiger partial charge in [0.15, 0.2) is 0 Å². The number of allylic oxidation sites excluding steroid dienone is 2. The third kappa shape index (κ3) is 6.76. The Balaban J connectivity index is 3.03. The summed E-state index contributed by atoms with van der Waals surface area (Å²) in [5, 5.41) is 1.21. The predicted octanol–water partition coefficient (Wildman–Crippen LogP) is 0.287. The van der Waals surface area contributed by atoms with Crippen molar-refractivity contribution in [1.82, 2.24) is 0 Å². The van der Waals surface area contributed by atoms with E-state index in [1.165, 1.54) is 10.9 Å². The molecule has 0 atom stereocenters. The predicted molar refractivity (Wildman–Crippen MR) is 41.0 cm³/mol. The zero-order chi connectivity index (χ0) is 6.41. The van der Waals surface area contributed by atoms with Gasteiger partial charge in [0.25, 0.3) is 0 Å². The van der Waals surface area contributed by atoms with E-state index in [4.69, 9.17) is 2.84 Å². The molecule has 0 spiro atoms. The second-order valence-corrected chi connectivity index (χ2v) is 5.36. The summed E-state index contributed by atoms with van der Waals surface area (Å²) >= 11 is 0.796. The lowest BCUT2D eigenvalue weighted by Crippen LogP contribution is -1.90. The molecule has 0 saturated carbocycles. The molecule has 0 aromatic carbocycles. The first kappa shape index (κ1) is 8.76. The molecule has 0 aliphatic carbocycles. The molecule has 0 radical (unpaired) electrons. The highest BCUT2D eigenvalue weighted by molar-refractivity contribution is 6.34. The summed E-state index contributed by atoms with van der Waals surface area (Å²) in [5.41, 5.74) is 1.41. The monoisotopic (exact) mass is 142 g/mol. The third-order valence-electron chi connectivity index (χ3n) is 0.875. The van der Waals surface area contributed by atoms with Gasteiger partial charge in [-0.05, 0) is 13.8 Å². The summed E-state index contributed by atoms with van der Waals surface area (Å²) in [6, 6.07) is 0. The summed E-state index contributed by atoms with van der Waals surface area (Å²) in [6.07, 6.45) is 2.25. The molecule has 0 amide bonds. The van der Waals surface area contributed by atoms with Crippen LogP contribution in [-0.2, 0) is 2.84 Å². The average molecular weight is 142 g/mol. The molecule has 44 valence electrons. The highest BCUT2D eigenvalue weighted by atomic mass is 27.2. The van der Waals surface area contributed by atoms with E-state index in [1.54, 1.807) is 0 Å². The summed E-state index contributed by atoms with van der Waals surface area (Å²) in [6.45, 7) is 4.25. The Morgan fingerprint density at radius 3 is 2.75 bits per heavy atom. The second kappa shape index (κ2) is 5.89. The number of rotatable bonds is 3. The van der Waals surface area contributed by atoms with Crippen LogP contribution in [0, 0.1) is 0 Å². The summed E-state index contributed by atoms with van der Waals surface area (Å²) in [7, 11) is 0. The van der Waals surface area contributed by atoms with E-state index in [0.717, 1.165) is 16.6 Å². The number of hydrogen-bond donors (Lipinski definition) is 0. The summed E-state index contributed by atoms with van der Waals surface area (Å²) in [5.74, 6) is 0. The normalized spacial score (nSPS) is 8.25. The fourth-order valence-electron chi connectivity index (χ4n) is 0.465. The molecule has 0 N–H and O–H groups in total. The molecule has 0 aromatic rings. The van der Waals surface area contributed by atoms with Crippen LogP contribution in [0.2, 0.25) is 5.28 Å². The van der Waals surface area contributed by atoms with Crippen molar-refractivity contribution in [3.8, 4) is 0 Å². The van der Waals surface area contributed by atoms with Gasteiger partial charge in [-0.15, -0.1) is 0 Å². The van der Waals surface area contributed by atoms with E-state index < -0.39 is 0 Å². The van der Waals surface area contributed by atoms with Crippen molar-refractivity contribution in [3.05, 3.63) is 11.6 Å². The Labute approximate surface area is 65.9 Å².